The molecule has 0 bridgehead atoms. The first kappa shape index (κ1) is 56.3. The second kappa shape index (κ2) is 44.9. The van der Waals surface area contributed by atoms with Gasteiger partial charge in [0, 0.05) is 12.8 Å². The Morgan fingerprint density at radius 2 is 0.724 bits per heavy atom. The van der Waals surface area contributed by atoms with E-state index in [2.05, 4.69) is 75.9 Å². The lowest BCUT2D eigenvalue weighted by atomic mass is 9.93. The second-order valence-electron chi connectivity index (χ2n) is 17.9. The first-order chi connectivity index (χ1) is 28.4. The van der Waals surface area contributed by atoms with E-state index in [0.29, 0.717) is 26.1 Å². The number of hydrogen-bond donors (Lipinski definition) is 0. The van der Waals surface area contributed by atoms with Crippen LogP contribution < -0.4 is 0 Å². The molecule has 0 saturated heterocycles. The zero-order valence-corrected chi connectivity index (χ0v) is 39.9. The molecule has 6 heteroatoms. The molecule has 0 unspecified atom stereocenters. The Morgan fingerprint density at radius 3 is 1.07 bits per heavy atom. The van der Waals surface area contributed by atoms with Gasteiger partial charge >= 0.3 is 11.9 Å². The van der Waals surface area contributed by atoms with Gasteiger partial charge in [0.2, 0.25) is 0 Å². The molecule has 6 nitrogen and oxygen atoms in total. The molecule has 0 aromatic rings. The highest BCUT2D eigenvalue weighted by atomic mass is 16.5. The minimum absolute atomic E-state index is 0.0411. The van der Waals surface area contributed by atoms with Crippen molar-refractivity contribution in [1.82, 2.24) is 9.80 Å². The number of carbonyl (C=O) groups excluding carboxylic acids is 2. The van der Waals surface area contributed by atoms with E-state index in [1.54, 1.807) is 0 Å². The Morgan fingerprint density at radius 1 is 0.414 bits per heavy atom. The van der Waals surface area contributed by atoms with Crippen LogP contribution in [0.25, 0.3) is 0 Å². The summed E-state index contributed by atoms with van der Waals surface area (Å²) >= 11 is 0. The third kappa shape index (κ3) is 41.1. The van der Waals surface area contributed by atoms with E-state index in [1.165, 1.54) is 180 Å². The maximum Gasteiger partial charge on any atom is 0.306 e. The summed E-state index contributed by atoms with van der Waals surface area (Å²) in [7, 11) is 4.34. The number of rotatable bonds is 45. The minimum atomic E-state index is -0.0411. The van der Waals surface area contributed by atoms with E-state index in [-0.39, 0.29) is 11.9 Å². The first-order valence-corrected chi connectivity index (χ1v) is 25.3. The summed E-state index contributed by atoms with van der Waals surface area (Å²) in [4.78, 5) is 29.4. The Balaban J connectivity index is 4.02. The van der Waals surface area contributed by atoms with Crippen LogP contribution in [0.4, 0.5) is 0 Å². The molecule has 0 amide bonds. The maximum atomic E-state index is 12.2. The van der Waals surface area contributed by atoms with Gasteiger partial charge in [0.1, 0.15) is 13.2 Å². The van der Waals surface area contributed by atoms with Crippen molar-refractivity contribution in [3.63, 3.8) is 0 Å². The highest BCUT2D eigenvalue weighted by Gasteiger charge is 2.09. The van der Waals surface area contributed by atoms with Crippen molar-refractivity contribution in [1.29, 1.82) is 0 Å². The molecule has 342 valence electrons. The van der Waals surface area contributed by atoms with Crippen molar-refractivity contribution in [2.24, 2.45) is 11.8 Å². The van der Waals surface area contributed by atoms with Gasteiger partial charge in [0.25, 0.3) is 0 Å². The molecule has 0 heterocycles. The molecule has 0 aromatic heterocycles. The molecule has 0 aliphatic rings. The number of nitrogens with zero attached hydrogens (tertiary/aromatic N) is 2. The average Bonchev–Trinajstić information content (AvgIpc) is 3.21. The van der Waals surface area contributed by atoms with Gasteiger partial charge in [-0.15, -0.1) is 0 Å². The molecule has 0 rings (SSSR count). The minimum Gasteiger partial charge on any atom is -0.461 e. The monoisotopic (exact) mass is 817 g/mol. The quantitative estimate of drug-likeness (QED) is 0.0347. The largest absolute Gasteiger partial charge is 0.461 e. The van der Waals surface area contributed by atoms with E-state index in [1.807, 2.05) is 0 Å². The van der Waals surface area contributed by atoms with Crippen molar-refractivity contribution in [3.05, 3.63) is 24.3 Å². The molecule has 0 aliphatic carbocycles. The van der Waals surface area contributed by atoms with Gasteiger partial charge in [-0.3, -0.25) is 9.59 Å². The lowest BCUT2D eigenvalue weighted by molar-refractivity contribution is -0.143. The molecule has 0 saturated carbocycles. The predicted octanol–water partition coefficient (Wildman–Crippen LogP) is 14.8. The van der Waals surface area contributed by atoms with Crippen LogP contribution >= 0.6 is 0 Å². The zero-order chi connectivity index (χ0) is 42.6. The molecule has 0 radical (unpaired) electrons. The summed E-state index contributed by atoms with van der Waals surface area (Å²) in [6.07, 6.45) is 47.1. The van der Waals surface area contributed by atoms with Crippen LogP contribution in [-0.2, 0) is 19.1 Å². The average molecular weight is 817 g/mol. The molecule has 0 N–H and O–H groups in total. The van der Waals surface area contributed by atoms with Crippen LogP contribution in [0.1, 0.15) is 233 Å². The number of esters is 2. The molecule has 58 heavy (non-hydrogen) atoms. The summed E-state index contributed by atoms with van der Waals surface area (Å²) in [5.74, 6) is 1.48. The zero-order valence-electron chi connectivity index (χ0n) is 39.9. The Bertz CT molecular complexity index is 852. The number of ether oxygens (including phenoxy) is 2. The van der Waals surface area contributed by atoms with E-state index in [9.17, 15) is 9.59 Å². The third-order valence-corrected chi connectivity index (χ3v) is 11.9. The van der Waals surface area contributed by atoms with Gasteiger partial charge in [-0.1, -0.05) is 193 Å². The van der Waals surface area contributed by atoms with Crippen molar-refractivity contribution in [2.75, 3.05) is 53.5 Å². The molecule has 0 atom stereocenters. The van der Waals surface area contributed by atoms with E-state index >= 15 is 0 Å². The van der Waals surface area contributed by atoms with Crippen LogP contribution in [0, 0.1) is 11.8 Å². The molecular formula is C52H100N2O4. The van der Waals surface area contributed by atoms with Gasteiger partial charge in [0.15, 0.2) is 0 Å². The van der Waals surface area contributed by atoms with E-state index in [0.717, 1.165) is 50.4 Å². The van der Waals surface area contributed by atoms with Gasteiger partial charge in [0.05, 0.1) is 0 Å². The van der Waals surface area contributed by atoms with Gasteiger partial charge in [-0.2, -0.15) is 0 Å². The SMILES string of the molecule is CCCCC(CC=CCOC(=O)CCCCCCCCCN(CCCCCCCCCC(=O)OCC=CCC(CCCC)CCCC)CCCCN(C)C)CCCC. The topological polar surface area (TPSA) is 59.1 Å². The maximum absolute atomic E-state index is 12.2. The predicted molar refractivity (Wildman–Crippen MR) is 253 cm³/mol. The smallest absolute Gasteiger partial charge is 0.306 e. The number of hydrogen-bond acceptors (Lipinski definition) is 6. The molecular weight excluding hydrogens is 717 g/mol. The Labute approximate surface area is 362 Å². The highest BCUT2D eigenvalue weighted by Crippen LogP contribution is 2.21. The van der Waals surface area contributed by atoms with E-state index < -0.39 is 0 Å². The van der Waals surface area contributed by atoms with Crippen LogP contribution in [-0.4, -0.2) is 75.2 Å². The summed E-state index contributed by atoms with van der Waals surface area (Å²) in [5.41, 5.74) is 0. The normalized spacial score (nSPS) is 12.1. The van der Waals surface area contributed by atoms with Gasteiger partial charge in [-0.25, -0.2) is 0 Å². The van der Waals surface area contributed by atoms with E-state index in [4.69, 9.17) is 9.47 Å². The standard InChI is InChI=1S/C52H100N2O4/c1-7-11-35-49(36-12-8-2)39-27-33-47-57-51(55)41-25-21-17-15-19-23-29-44-54(46-32-31-43-53(5)6)45-30-24-20-16-18-22-26-42-52(56)58-48-34-28-40-50(37-13-9-3)38-14-10-4/h27-28,33-34,49-50H,7-26,29-32,35-48H2,1-6H3. The third-order valence-electron chi connectivity index (χ3n) is 11.9. The van der Waals surface area contributed by atoms with Crippen molar-refractivity contribution >= 4 is 11.9 Å². The lowest BCUT2D eigenvalue weighted by Crippen LogP contribution is -2.28. The molecule has 0 aliphatic heterocycles. The number of allylic oxidation sites excluding steroid dienone is 2. The molecule has 0 fully saturated rings. The molecule has 0 spiro atoms. The fourth-order valence-electron chi connectivity index (χ4n) is 7.95. The van der Waals surface area contributed by atoms with Crippen molar-refractivity contribution in [3.8, 4) is 0 Å². The Hall–Kier alpha value is -1.66. The summed E-state index contributed by atoms with van der Waals surface area (Å²) in [6.45, 7) is 14.8. The fraction of sp³-hybridized carbons (Fsp3) is 0.885. The van der Waals surface area contributed by atoms with Crippen LogP contribution in [0.3, 0.4) is 0 Å². The van der Waals surface area contributed by atoms with Crippen LogP contribution in [0.2, 0.25) is 0 Å². The summed E-state index contributed by atoms with van der Waals surface area (Å²) < 4.78 is 10.9. The second-order valence-corrected chi connectivity index (χ2v) is 17.9. The molecule has 0 aromatic carbocycles. The first-order valence-electron chi connectivity index (χ1n) is 25.3. The number of unbranched alkanes of at least 4 members (excludes halogenated alkanes) is 17. The van der Waals surface area contributed by atoms with Crippen LogP contribution in [0.5, 0.6) is 0 Å². The van der Waals surface area contributed by atoms with Gasteiger partial charge in [-0.05, 0) is 103 Å². The summed E-state index contributed by atoms with van der Waals surface area (Å²) in [5, 5.41) is 0. The lowest BCUT2D eigenvalue weighted by Gasteiger charge is -2.23. The summed E-state index contributed by atoms with van der Waals surface area (Å²) in [6, 6.07) is 0. The highest BCUT2D eigenvalue weighted by molar-refractivity contribution is 5.69. The van der Waals surface area contributed by atoms with Crippen molar-refractivity contribution < 1.29 is 19.1 Å². The van der Waals surface area contributed by atoms with Gasteiger partial charge < -0.3 is 19.3 Å². The Kier molecular flexibility index (Phi) is 43.6. The number of carbonyl (C=O) groups is 2. The van der Waals surface area contributed by atoms with Crippen molar-refractivity contribution in [2.45, 2.75) is 233 Å². The fourth-order valence-corrected chi connectivity index (χ4v) is 7.95. The van der Waals surface area contributed by atoms with Crippen LogP contribution in [0.15, 0.2) is 24.3 Å².